The average Bonchev–Trinajstić information content (AvgIpc) is 2.74. The predicted octanol–water partition coefficient (Wildman–Crippen LogP) is 6.48. The van der Waals surface area contributed by atoms with E-state index >= 15 is 0 Å². The average molecular weight is 469 g/mol. The van der Waals surface area contributed by atoms with Crippen molar-refractivity contribution in [3.05, 3.63) is 11.6 Å². The third kappa shape index (κ3) is 2.64. The Morgan fingerprint density at radius 2 is 1.62 bits per heavy atom. The van der Waals surface area contributed by atoms with Crippen LogP contribution >= 0.6 is 0 Å². The SMILES string of the molecule is CC1CCC2(C(=O)O)CCC3(C)C(=CC(=O)C4C5(C)CCC(=O)C(C)(C)C5CCC43C)C2C1C. The second kappa shape index (κ2) is 7.07. The van der Waals surface area contributed by atoms with Crippen molar-refractivity contribution in [2.75, 3.05) is 0 Å². The van der Waals surface area contributed by atoms with Crippen LogP contribution in [0.15, 0.2) is 11.6 Å². The Balaban J connectivity index is 1.67. The maximum Gasteiger partial charge on any atom is 0.310 e. The Labute approximate surface area is 205 Å². The lowest BCUT2D eigenvalue weighted by molar-refractivity contribution is -0.192. The van der Waals surface area contributed by atoms with Gasteiger partial charge >= 0.3 is 5.97 Å². The Morgan fingerprint density at radius 1 is 0.941 bits per heavy atom. The predicted molar refractivity (Wildman–Crippen MR) is 132 cm³/mol. The molecule has 0 radical (unpaired) electrons. The molecule has 4 nitrogen and oxygen atoms in total. The van der Waals surface area contributed by atoms with Crippen LogP contribution in [-0.2, 0) is 14.4 Å². The summed E-state index contributed by atoms with van der Waals surface area (Å²) >= 11 is 0. The van der Waals surface area contributed by atoms with Gasteiger partial charge < -0.3 is 5.11 Å². The van der Waals surface area contributed by atoms with Crippen molar-refractivity contribution in [3.8, 4) is 0 Å². The topological polar surface area (TPSA) is 71.4 Å². The van der Waals surface area contributed by atoms with Gasteiger partial charge in [0.2, 0.25) is 0 Å². The molecule has 4 heteroatoms. The number of hydrogen-bond donors (Lipinski definition) is 1. The van der Waals surface area contributed by atoms with Gasteiger partial charge in [0.1, 0.15) is 5.78 Å². The summed E-state index contributed by atoms with van der Waals surface area (Å²) in [7, 11) is 0. The number of aliphatic carboxylic acids is 1. The fourth-order valence-corrected chi connectivity index (χ4v) is 10.5. The number of ketones is 2. The minimum absolute atomic E-state index is 0.0656. The molecule has 0 aromatic heterocycles. The van der Waals surface area contributed by atoms with Crippen molar-refractivity contribution in [2.24, 2.45) is 56.7 Å². The molecule has 0 spiro atoms. The van der Waals surface area contributed by atoms with Gasteiger partial charge in [0.25, 0.3) is 0 Å². The fraction of sp³-hybridized carbons (Fsp3) is 0.833. The molecule has 1 N–H and O–H groups in total. The van der Waals surface area contributed by atoms with Gasteiger partial charge in [0.05, 0.1) is 5.41 Å². The smallest absolute Gasteiger partial charge is 0.310 e. The molecule has 0 aromatic rings. The van der Waals surface area contributed by atoms with Gasteiger partial charge in [-0.3, -0.25) is 14.4 Å². The first kappa shape index (κ1) is 24.3. The van der Waals surface area contributed by atoms with Crippen LogP contribution in [0.3, 0.4) is 0 Å². The molecule has 9 unspecified atom stereocenters. The Kier molecular flexibility index (Phi) is 5.04. The summed E-state index contributed by atoms with van der Waals surface area (Å²) in [6, 6.07) is 0. The molecule has 0 bridgehead atoms. The molecule has 0 aromatic carbocycles. The quantitative estimate of drug-likeness (QED) is 0.478. The summed E-state index contributed by atoms with van der Waals surface area (Å²) in [5.74, 6) is 0.649. The zero-order valence-electron chi connectivity index (χ0n) is 22.3. The Bertz CT molecular complexity index is 992. The standard InChI is InChI=1S/C30H44O4/c1-17-8-13-30(25(33)34)15-14-28(6)19(23(30)18(17)2)16-20(31)24-27(5)11-10-22(32)26(3,4)21(27)9-12-29(24,28)7/h16-18,21,23-24H,8-15H2,1-7H3,(H,33,34). The molecule has 4 fully saturated rings. The van der Waals surface area contributed by atoms with Crippen LogP contribution in [0.1, 0.15) is 99.8 Å². The first-order chi connectivity index (χ1) is 15.7. The molecule has 0 heterocycles. The summed E-state index contributed by atoms with van der Waals surface area (Å²) < 4.78 is 0. The number of rotatable bonds is 1. The van der Waals surface area contributed by atoms with Crippen molar-refractivity contribution in [1.82, 2.24) is 0 Å². The van der Waals surface area contributed by atoms with Gasteiger partial charge in [-0.15, -0.1) is 0 Å². The lowest BCUT2D eigenvalue weighted by Gasteiger charge is -2.69. The van der Waals surface area contributed by atoms with Crippen LogP contribution in [0.25, 0.3) is 0 Å². The molecule has 0 aliphatic heterocycles. The number of fused-ring (bicyclic) bond motifs is 7. The summed E-state index contributed by atoms with van der Waals surface area (Å²) in [4.78, 5) is 39.9. The van der Waals surface area contributed by atoms with Crippen molar-refractivity contribution in [3.63, 3.8) is 0 Å². The highest BCUT2D eigenvalue weighted by Gasteiger charge is 2.71. The van der Waals surface area contributed by atoms with Crippen LogP contribution < -0.4 is 0 Å². The minimum Gasteiger partial charge on any atom is -0.481 e. The number of carbonyl (C=O) groups excluding carboxylic acids is 2. The van der Waals surface area contributed by atoms with Gasteiger partial charge in [-0.25, -0.2) is 0 Å². The first-order valence-corrected chi connectivity index (χ1v) is 13.7. The normalized spacial score (nSPS) is 52.0. The zero-order valence-corrected chi connectivity index (χ0v) is 22.3. The van der Waals surface area contributed by atoms with Crippen LogP contribution in [0.4, 0.5) is 0 Å². The zero-order chi connectivity index (χ0) is 25.1. The monoisotopic (exact) mass is 468 g/mol. The molecule has 5 aliphatic carbocycles. The second-order valence-corrected chi connectivity index (χ2v) is 14.2. The summed E-state index contributed by atoms with van der Waals surface area (Å²) in [6.45, 7) is 15.7. The van der Waals surface area contributed by atoms with Crippen molar-refractivity contribution < 1.29 is 19.5 Å². The lowest BCUT2D eigenvalue weighted by atomic mass is 9.33. The molecule has 34 heavy (non-hydrogen) atoms. The molecule has 9 atom stereocenters. The number of Topliss-reactive ketones (excluding diaryl/α,β-unsaturated/α-hetero) is 1. The van der Waals surface area contributed by atoms with Crippen LogP contribution in [-0.4, -0.2) is 22.6 Å². The molecule has 5 aliphatic rings. The number of carbonyl (C=O) groups is 3. The summed E-state index contributed by atoms with van der Waals surface area (Å²) in [5, 5.41) is 10.5. The Morgan fingerprint density at radius 3 is 2.26 bits per heavy atom. The molecule has 0 saturated heterocycles. The van der Waals surface area contributed by atoms with E-state index in [0.717, 1.165) is 44.1 Å². The van der Waals surface area contributed by atoms with E-state index < -0.39 is 16.8 Å². The highest BCUT2D eigenvalue weighted by atomic mass is 16.4. The van der Waals surface area contributed by atoms with E-state index in [-0.39, 0.29) is 45.7 Å². The lowest BCUT2D eigenvalue weighted by Crippen LogP contribution is -2.67. The highest BCUT2D eigenvalue weighted by Crippen LogP contribution is 2.74. The first-order valence-electron chi connectivity index (χ1n) is 13.7. The summed E-state index contributed by atoms with van der Waals surface area (Å²) in [6.07, 6.45) is 8.42. The second-order valence-electron chi connectivity index (χ2n) is 14.2. The molecule has 4 saturated carbocycles. The van der Waals surface area contributed by atoms with Crippen LogP contribution in [0.5, 0.6) is 0 Å². The third-order valence-electron chi connectivity index (χ3n) is 12.9. The van der Waals surface area contributed by atoms with E-state index in [4.69, 9.17) is 0 Å². The maximum atomic E-state index is 14.2. The van der Waals surface area contributed by atoms with E-state index in [9.17, 15) is 19.5 Å². The van der Waals surface area contributed by atoms with E-state index in [2.05, 4.69) is 48.5 Å². The van der Waals surface area contributed by atoms with Crippen molar-refractivity contribution in [1.29, 1.82) is 0 Å². The van der Waals surface area contributed by atoms with E-state index in [0.29, 0.717) is 24.5 Å². The van der Waals surface area contributed by atoms with E-state index in [1.165, 1.54) is 0 Å². The van der Waals surface area contributed by atoms with Crippen LogP contribution in [0.2, 0.25) is 0 Å². The van der Waals surface area contributed by atoms with Gasteiger partial charge in [-0.05, 0) is 90.9 Å². The van der Waals surface area contributed by atoms with E-state index in [1.807, 2.05) is 6.08 Å². The fourth-order valence-electron chi connectivity index (χ4n) is 10.5. The van der Waals surface area contributed by atoms with Gasteiger partial charge in [-0.2, -0.15) is 0 Å². The van der Waals surface area contributed by atoms with Gasteiger partial charge in [0.15, 0.2) is 5.78 Å². The Hall–Kier alpha value is -1.45. The number of hydrogen-bond acceptors (Lipinski definition) is 3. The van der Waals surface area contributed by atoms with E-state index in [1.54, 1.807) is 0 Å². The van der Waals surface area contributed by atoms with Crippen LogP contribution in [0, 0.1) is 56.7 Å². The number of carboxylic acid groups (broad SMARTS) is 1. The highest BCUT2D eigenvalue weighted by molar-refractivity contribution is 5.96. The molecule has 188 valence electrons. The number of allylic oxidation sites excluding steroid dienone is 2. The maximum absolute atomic E-state index is 14.2. The van der Waals surface area contributed by atoms with Crippen molar-refractivity contribution >= 4 is 17.5 Å². The van der Waals surface area contributed by atoms with Crippen molar-refractivity contribution in [2.45, 2.75) is 99.8 Å². The summed E-state index contributed by atoms with van der Waals surface area (Å²) in [5.41, 5.74) is -0.559. The van der Waals surface area contributed by atoms with Gasteiger partial charge in [-0.1, -0.05) is 54.0 Å². The third-order valence-corrected chi connectivity index (χ3v) is 12.9. The molecule has 5 rings (SSSR count). The number of carboxylic acids is 1. The molecule has 0 amide bonds. The largest absolute Gasteiger partial charge is 0.481 e. The van der Waals surface area contributed by atoms with Gasteiger partial charge in [0, 0.05) is 17.8 Å². The molecular formula is C30H44O4. The molecular weight excluding hydrogens is 424 g/mol. The minimum atomic E-state index is -0.735.